The molecule has 56 valence electrons. The molecule has 10 heavy (non-hydrogen) atoms. The van der Waals surface area contributed by atoms with Gasteiger partial charge in [-0.25, -0.2) is 0 Å². The summed E-state index contributed by atoms with van der Waals surface area (Å²) in [6, 6.07) is 0. The van der Waals surface area contributed by atoms with Gasteiger partial charge in [-0.05, 0) is 11.6 Å². The highest BCUT2D eigenvalue weighted by Crippen LogP contribution is 2.18. The van der Waals surface area contributed by atoms with Crippen LogP contribution in [0.25, 0.3) is 0 Å². The SMILES string of the molecule is C[N+](C)(C)c1nsc(Cl)n1. The maximum absolute atomic E-state index is 5.60. The van der Waals surface area contributed by atoms with Crippen molar-refractivity contribution >= 4 is 29.1 Å². The van der Waals surface area contributed by atoms with E-state index in [2.05, 4.69) is 9.36 Å². The number of hydrogen-bond acceptors (Lipinski definition) is 3. The highest BCUT2D eigenvalue weighted by Gasteiger charge is 2.17. The molecule has 0 N–H and O–H groups in total. The molecule has 0 aliphatic carbocycles. The molecule has 0 radical (unpaired) electrons. The Morgan fingerprint density at radius 3 is 2.20 bits per heavy atom. The molecular formula is C5H9ClN3S+. The van der Waals surface area contributed by atoms with E-state index < -0.39 is 0 Å². The summed E-state index contributed by atoms with van der Waals surface area (Å²) in [5.41, 5.74) is 0. The molecule has 3 nitrogen and oxygen atoms in total. The Bertz CT molecular complexity index is 227. The van der Waals surface area contributed by atoms with E-state index in [-0.39, 0.29) is 0 Å². The molecule has 0 aliphatic heterocycles. The minimum absolute atomic E-state index is 0.503. The second-order valence-electron chi connectivity index (χ2n) is 2.86. The van der Waals surface area contributed by atoms with E-state index in [1.807, 2.05) is 21.1 Å². The molecule has 5 heteroatoms. The molecule has 0 fully saturated rings. The molecule has 1 heterocycles. The summed E-state index contributed by atoms with van der Waals surface area (Å²) in [6.45, 7) is 0. The number of hydrogen-bond donors (Lipinski definition) is 0. The van der Waals surface area contributed by atoms with Gasteiger partial charge in [-0.1, -0.05) is 0 Å². The Hall–Kier alpha value is -0.190. The molecule has 1 aromatic rings. The zero-order valence-corrected chi connectivity index (χ0v) is 7.70. The third kappa shape index (κ3) is 1.65. The van der Waals surface area contributed by atoms with Gasteiger partial charge in [-0.15, -0.1) is 4.37 Å². The van der Waals surface area contributed by atoms with Crippen LogP contribution in [-0.4, -0.2) is 30.5 Å². The average molecular weight is 179 g/mol. The van der Waals surface area contributed by atoms with Crippen LogP contribution in [0.3, 0.4) is 0 Å². The maximum Gasteiger partial charge on any atom is 0.341 e. The van der Waals surface area contributed by atoms with E-state index >= 15 is 0 Å². The lowest BCUT2D eigenvalue weighted by Gasteiger charge is -2.17. The van der Waals surface area contributed by atoms with E-state index in [1.54, 1.807) is 0 Å². The predicted molar refractivity (Wildman–Crippen MR) is 44.5 cm³/mol. The summed E-state index contributed by atoms with van der Waals surface area (Å²) in [7, 11) is 6.00. The van der Waals surface area contributed by atoms with Crippen LogP contribution in [0.4, 0.5) is 5.95 Å². The number of nitrogens with zero attached hydrogens (tertiary/aromatic N) is 3. The zero-order valence-electron chi connectivity index (χ0n) is 6.13. The van der Waals surface area contributed by atoms with Crippen molar-refractivity contribution in [3.63, 3.8) is 0 Å². The van der Waals surface area contributed by atoms with E-state index in [0.29, 0.717) is 8.95 Å². The van der Waals surface area contributed by atoms with Crippen molar-refractivity contribution in [2.45, 2.75) is 0 Å². The quantitative estimate of drug-likeness (QED) is 0.608. The van der Waals surface area contributed by atoms with Crippen molar-refractivity contribution in [2.75, 3.05) is 21.1 Å². The molecule has 0 aliphatic rings. The first-order valence-corrected chi connectivity index (χ1v) is 3.96. The van der Waals surface area contributed by atoms with Gasteiger partial charge in [-0.2, -0.15) is 4.98 Å². The third-order valence-electron chi connectivity index (χ3n) is 0.991. The van der Waals surface area contributed by atoms with Crippen molar-refractivity contribution in [3.05, 3.63) is 4.47 Å². The smallest absolute Gasteiger partial charge is 0.264 e. The maximum atomic E-state index is 5.60. The number of aromatic nitrogens is 2. The second-order valence-corrected chi connectivity index (χ2v) is 4.19. The molecule has 1 aromatic heterocycles. The normalized spacial score (nSPS) is 12.0. The van der Waals surface area contributed by atoms with Crippen molar-refractivity contribution < 1.29 is 0 Å². The van der Waals surface area contributed by atoms with Crippen LogP contribution in [0.15, 0.2) is 0 Å². The van der Waals surface area contributed by atoms with Crippen LogP contribution >= 0.6 is 23.1 Å². The number of quaternary nitrogens is 1. The first-order chi connectivity index (χ1) is 4.50. The second kappa shape index (κ2) is 2.45. The molecule has 0 spiro atoms. The molecule has 1 rings (SSSR count). The lowest BCUT2D eigenvalue weighted by molar-refractivity contribution is 0.464. The van der Waals surface area contributed by atoms with Gasteiger partial charge in [0.15, 0.2) is 0 Å². The van der Waals surface area contributed by atoms with Crippen LogP contribution in [-0.2, 0) is 0 Å². The van der Waals surface area contributed by atoms with Crippen molar-refractivity contribution in [1.29, 1.82) is 0 Å². The van der Waals surface area contributed by atoms with Crippen molar-refractivity contribution in [1.82, 2.24) is 13.8 Å². The average Bonchev–Trinajstić information content (AvgIpc) is 2.11. The standard InChI is InChI=1S/C5H9ClN3S/c1-9(2,3)5-7-4(6)10-8-5/h1-3H3/q+1. The van der Waals surface area contributed by atoms with E-state index in [1.165, 1.54) is 11.5 Å². The Morgan fingerprint density at radius 1 is 1.40 bits per heavy atom. The summed E-state index contributed by atoms with van der Waals surface area (Å²) in [5, 5.41) is 0. The predicted octanol–water partition coefficient (Wildman–Crippen LogP) is 1.39. The molecule has 0 aromatic carbocycles. The molecule has 0 unspecified atom stereocenters. The topological polar surface area (TPSA) is 25.8 Å². The van der Waals surface area contributed by atoms with Crippen LogP contribution in [0, 0.1) is 0 Å². The van der Waals surface area contributed by atoms with Crippen LogP contribution < -0.4 is 4.48 Å². The van der Waals surface area contributed by atoms with Gasteiger partial charge in [0.2, 0.25) is 4.47 Å². The minimum Gasteiger partial charge on any atom is -0.264 e. The fourth-order valence-electron chi connectivity index (χ4n) is 0.470. The summed E-state index contributed by atoms with van der Waals surface area (Å²) < 4.78 is 5.18. The van der Waals surface area contributed by atoms with E-state index in [0.717, 1.165) is 5.95 Å². The van der Waals surface area contributed by atoms with E-state index in [4.69, 9.17) is 11.6 Å². The first-order valence-electron chi connectivity index (χ1n) is 2.81. The molecule has 0 bridgehead atoms. The first kappa shape index (κ1) is 7.91. The van der Waals surface area contributed by atoms with Crippen molar-refractivity contribution in [2.24, 2.45) is 0 Å². The van der Waals surface area contributed by atoms with Gasteiger partial charge in [0.05, 0.1) is 21.1 Å². The molecule has 0 amide bonds. The highest BCUT2D eigenvalue weighted by molar-refractivity contribution is 7.10. The monoisotopic (exact) mass is 178 g/mol. The Morgan fingerprint density at radius 2 is 2.00 bits per heavy atom. The Kier molecular flexibility index (Phi) is 1.94. The van der Waals surface area contributed by atoms with Crippen LogP contribution in [0.2, 0.25) is 4.47 Å². The van der Waals surface area contributed by atoms with Gasteiger partial charge < -0.3 is 0 Å². The van der Waals surface area contributed by atoms with Gasteiger partial charge in [-0.3, -0.25) is 4.48 Å². The number of halogens is 1. The van der Waals surface area contributed by atoms with Crippen LogP contribution in [0.1, 0.15) is 0 Å². The lowest BCUT2D eigenvalue weighted by atomic mass is 10.7. The van der Waals surface area contributed by atoms with Crippen molar-refractivity contribution in [3.8, 4) is 0 Å². The largest absolute Gasteiger partial charge is 0.341 e. The fraction of sp³-hybridized carbons (Fsp3) is 0.600. The van der Waals surface area contributed by atoms with Crippen LogP contribution in [0.5, 0.6) is 0 Å². The molecule has 0 saturated heterocycles. The van der Waals surface area contributed by atoms with Gasteiger partial charge >= 0.3 is 5.95 Å². The molecular weight excluding hydrogens is 170 g/mol. The summed E-state index contributed by atoms with van der Waals surface area (Å²) >= 11 is 6.82. The van der Waals surface area contributed by atoms with Gasteiger partial charge in [0.1, 0.15) is 0 Å². The summed E-state index contributed by atoms with van der Waals surface area (Å²) in [5.74, 6) is 0.759. The number of rotatable bonds is 1. The molecule has 0 atom stereocenters. The highest BCUT2D eigenvalue weighted by atomic mass is 35.5. The minimum atomic E-state index is 0.503. The van der Waals surface area contributed by atoms with Gasteiger partial charge in [0.25, 0.3) is 0 Å². The Labute approximate surface area is 69.0 Å². The molecule has 0 saturated carbocycles. The Balaban J connectivity index is 2.96. The zero-order chi connectivity index (χ0) is 7.78. The van der Waals surface area contributed by atoms with Gasteiger partial charge in [0, 0.05) is 11.5 Å². The van der Waals surface area contributed by atoms with E-state index in [9.17, 15) is 0 Å². The third-order valence-corrected chi connectivity index (χ3v) is 1.78. The summed E-state index contributed by atoms with van der Waals surface area (Å²) in [4.78, 5) is 4.03. The fourth-order valence-corrected chi connectivity index (χ4v) is 1.21. The lowest BCUT2D eigenvalue weighted by Crippen LogP contribution is -2.35. The summed E-state index contributed by atoms with van der Waals surface area (Å²) in [6.07, 6.45) is 0.